The summed E-state index contributed by atoms with van der Waals surface area (Å²) in [5.41, 5.74) is 0.562. The largest absolute Gasteiger partial charge is 0.463 e. The van der Waals surface area contributed by atoms with Gasteiger partial charge in [-0.15, -0.1) is 4.68 Å². The van der Waals surface area contributed by atoms with Gasteiger partial charge >= 0.3 is 12.2 Å². The van der Waals surface area contributed by atoms with Crippen LogP contribution >= 0.6 is 0 Å². The van der Waals surface area contributed by atoms with E-state index < -0.39 is 12.2 Å². The second-order valence-corrected chi connectivity index (χ2v) is 4.63. The number of carboxylic acid groups (broad SMARTS) is 1. The summed E-state index contributed by atoms with van der Waals surface area (Å²) in [6.07, 6.45) is -2.06. The highest BCUT2D eigenvalue weighted by molar-refractivity contribution is 5.87. The zero-order chi connectivity index (χ0) is 15.4. The Morgan fingerprint density at radius 3 is 2.52 bits per heavy atom. The Balaban J connectivity index is 2.15. The van der Waals surface area contributed by atoms with Crippen molar-refractivity contribution in [3.63, 3.8) is 0 Å². The summed E-state index contributed by atoms with van der Waals surface area (Å²) >= 11 is 0. The van der Waals surface area contributed by atoms with Crippen molar-refractivity contribution in [3.8, 4) is 5.75 Å². The molecule has 0 bridgehead atoms. The first-order valence-electron chi connectivity index (χ1n) is 6.34. The maximum Gasteiger partial charge on any atom is 0.434 e. The molecular formula is C14H15N3O4. The first kappa shape index (κ1) is 14.6. The Morgan fingerprint density at radius 2 is 1.95 bits per heavy atom. The van der Waals surface area contributed by atoms with E-state index in [9.17, 15) is 9.59 Å². The molecule has 7 nitrogen and oxygen atoms in total. The molecule has 1 amide bonds. The molecule has 0 spiro atoms. The average Bonchev–Trinajstić information content (AvgIpc) is 2.84. The summed E-state index contributed by atoms with van der Waals surface area (Å²) in [5.74, 6) is 0.448. The Kier molecular flexibility index (Phi) is 4.22. The normalized spacial score (nSPS) is 10.4. The molecule has 21 heavy (non-hydrogen) atoms. The van der Waals surface area contributed by atoms with E-state index in [1.807, 2.05) is 13.8 Å². The smallest absolute Gasteiger partial charge is 0.434 e. The number of hydrogen-bond donors (Lipinski definition) is 2. The molecule has 0 fully saturated rings. The van der Waals surface area contributed by atoms with Crippen molar-refractivity contribution >= 4 is 18.0 Å². The van der Waals surface area contributed by atoms with E-state index in [2.05, 4.69) is 10.4 Å². The summed E-state index contributed by atoms with van der Waals surface area (Å²) < 4.78 is 5.75. The molecule has 2 aromatic rings. The van der Waals surface area contributed by atoms with Crippen molar-refractivity contribution in [2.45, 2.75) is 19.8 Å². The van der Waals surface area contributed by atoms with Crippen LogP contribution in [0.1, 0.15) is 25.5 Å². The second-order valence-electron chi connectivity index (χ2n) is 4.63. The molecule has 0 radical (unpaired) electrons. The highest BCUT2D eigenvalue weighted by Gasteiger charge is 2.17. The number of nitrogens with one attached hydrogen (secondary N) is 1. The van der Waals surface area contributed by atoms with Gasteiger partial charge in [-0.25, -0.2) is 9.59 Å². The number of ether oxygens (including phenoxy) is 1. The lowest BCUT2D eigenvalue weighted by Crippen LogP contribution is -2.21. The van der Waals surface area contributed by atoms with Gasteiger partial charge in [-0.3, -0.25) is 5.32 Å². The van der Waals surface area contributed by atoms with Crippen molar-refractivity contribution in [2.75, 3.05) is 5.32 Å². The maximum atomic E-state index is 11.8. The quantitative estimate of drug-likeness (QED) is 0.905. The predicted molar refractivity (Wildman–Crippen MR) is 75.8 cm³/mol. The molecule has 0 aliphatic heterocycles. The Hall–Kier alpha value is -2.83. The van der Waals surface area contributed by atoms with Crippen LogP contribution in [0, 0.1) is 0 Å². The third kappa shape index (κ3) is 3.59. The first-order valence-corrected chi connectivity index (χ1v) is 6.34. The van der Waals surface area contributed by atoms with Gasteiger partial charge in [0.2, 0.25) is 0 Å². The molecule has 0 saturated carbocycles. The fraction of sp³-hybridized carbons (Fsp3) is 0.214. The van der Waals surface area contributed by atoms with Gasteiger partial charge < -0.3 is 9.84 Å². The van der Waals surface area contributed by atoms with Crippen LogP contribution in [-0.4, -0.2) is 27.1 Å². The van der Waals surface area contributed by atoms with Crippen LogP contribution in [0.3, 0.4) is 0 Å². The van der Waals surface area contributed by atoms with Gasteiger partial charge in [0.25, 0.3) is 0 Å². The number of benzene rings is 1. The first-order chi connectivity index (χ1) is 9.97. The average molecular weight is 289 g/mol. The molecule has 1 heterocycles. The summed E-state index contributed by atoms with van der Waals surface area (Å²) in [5, 5.41) is 15.4. The number of carbonyl (C=O) groups excluding carboxylic acids is 1. The van der Waals surface area contributed by atoms with Crippen molar-refractivity contribution in [1.82, 2.24) is 9.78 Å². The maximum absolute atomic E-state index is 11.8. The molecule has 1 aromatic heterocycles. The van der Waals surface area contributed by atoms with E-state index in [0.29, 0.717) is 16.1 Å². The molecule has 0 atom stereocenters. The minimum absolute atomic E-state index is 0.0382. The van der Waals surface area contributed by atoms with Crippen LogP contribution in [-0.2, 0) is 0 Å². The van der Waals surface area contributed by atoms with E-state index in [1.165, 1.54) is 6.07 Å². The third-order valence-corrected chi connectivity index (χ3v) is 2.68. The lowest BCUT2D eigenvalue weighted by Gasteiger charge is -2.06. The highest BCUT2D eigenvalue weighted by Crippen LogP contribution is 2.18. The van der Waals surface area contributed by atoms with Gasteiger partial charge in [0, 0.05) is 6.07 Å². The van der Waals surface area contributed by atoms with Crippen molar-refractivity contribution < 1.29 is 19.4 Å². The standard InChI is InChI=1S/C14H15N3O4/c1-9(2)11-8-12(17(16-11)14(19)20)15-13(18)21-10-6-4-3-5-7-10/h3-9H,1-2H3,(H,15,18)(H,19,20). The monoisotopic (exact) mass is 289 g/mol. The van der Waals surface area contributed by atoms with E-state index in [1.54, 1.807) is 30.3 Å². The number of hydrogen-bond acceptors (Lipinski definition) is 4. The zero-order valence-corrected chi connectivity index (χ0v) is 11.6. The number of amides is 1. The molecular weight excluding hydrogens is 274 g/mol. The number of carbonyl (C=O) groups is 2. The molecule has 110 valence electrons. The van der Waals surface area contributed by atoms with Crippen LogP contribution in [0.15, 0.2) is 36.4 Å². The van der Waals surface area contributed by atoms with Crippen LogP contribution in [0.25, 0.3) is 0 Å². The van der Waals surface area contributed by atoms with Crippen LogP contribution in [0.2, 0.25) is 0 Å². The lowest BCUT2D eigenvalue weighted by atomic mass is 10.1. The summed E-state index contributed by atoms with van der Waals surface area (Å²) in [6, 6.07) is 9.98. The van der Waals surface area contributed by atoms with E-state index in [4.69, 9.17) is 9.84 Å². The lowest BCUT2D eigenvalue weighted by molar-refractivity contribution is 0.193. The summed E-state index contributed by atoms with van der Waals surface area (Å²) in [4.78, 5) is 22.9. The Morgan fingerprint density at radius 1 is 1.29 bits per heavy atom. The van der Waals surface area contributed by atoms with Gasteiger partial charge in [0.05, 0.1) is 5.69 Å². The SMILES string of the molecule is CC(C)c1cc(NC(=O)Oc2ccccc2)n(C(=O)O)n1. The zero-order valence-electron chi connectivity index (χ0n) is 11.6. The predicted octanol–water partition coefficient (Wildman–Crippen LogP) is 3.14. The number of nitrogens with zero attached hydrogens (tertiary/aromatic N) is 2. The topological polar surface area (TPSA) is 93.5 Å². The minimum Gasteiger partial charge on any atom is -0.463 e. The molecule has 0 aliphatic carbocycles. The van der Waals surface area contributed by atoms with E-state index >= 15 is 0 Å². The van der Waals surface area contributed by atoms with E-state index in [-0.39, 0.29) is 11.7 Å². The second kappa shape index (κ2) is 6.08. The van der Waals surface area contributed by atoms with Gasteiger partial charge in [-0.2, -0.15) is 5.10 Å². The van der Waals surface area contributed by atoms with Crippen molar-refractivity contribution in [3.05, 3.63) is 42.1 Å². The fourth-order valence-electron chi connectivity index (χ4n) is 1.64. The van der Waals surface area contributed by atoms with Gasteiger partial charge in [0.15, 0.2) is 0 Å². The Bertz CT molecular complexity index is 649. The summed E-state index contributed by atoms with van der Waals surface area (Å²) in [7, 11) is 0. The molecule has 7 heteroatoms. The van der Waals surface area contributed by atoms with Crippen LogP contribution in [0.5, 0.6) is 5.75 Å². The minimum atomic E-state index is -1.28. The molecule has 1 aromatic carbocycles. The van der Waals surface area contributed by atoms with E-state index in [0.717, 1.165) is 0 Å². The van der Waals surface area contributed by atoms with Crippen LogP contribution in [0.4, 0.5) is 15.4 Å². The molecule has 0 saturated heterocycles. The van der Waals surface area contributed by atoms with Crippen LogP contribution < -0.4 is 10.1 Å². The van der Waals surface area contributed by atoms with Gasteiger partial charge in [0.1, 0.15) is 11.6 Å². The van der Waals surface area contributed by atoms with Gasteiger partial charge in [-0.05, 0) is 18.1 Å². The highest BCUT2D eigenvalue weighted by atomic mass is 16.6. The number of para-hydroxylation sites is 1. The van der Waals surface area contributed by atoms with Crippen molar-refractivity contribution in [1.29, 1.82) is 0 Å². The molecule has 2 rings (SSSR count). The fourth-order valence-corrected chi connectivity index (χ4v) is 1.64. The number of anilines is 1. The molecule has 0 unspecified atom stereocenters. The van der Waals surface area contributed by atoms with Gasteiger partial charge in [-0.1, -0.05) is 32.0 Å². The number of aromatic nitrogens is 2. The third-order valence-electron chi connectivity index (χ3n) is 2.68. The molecule has 2 N–H and O–H groups in total. The Labute approximate surface area is 121 Å². The molecule has 0 aliphatic rings. The summed E-state index contributed by atoms with van der Waals surface area (Å²) in [6.45, 7) is 3.75. The number of rotatable bonds is 3. The van der Waals surface area contributed by atoms with Crippen molar-refractivity contribution in [2.24, 2.45) is 0 Å².